The molecule has 3 unspecified atom stereocenters. The summed E-state index contributed by atoms with van der Waals surface area (Å²) in [6.07, 6.45) is 64.3. The van der Waals surface area contributed by atoms with Gasteiger partial charge in [0, 0.05) is 6.42 Å². The molecule has 6 nitrogen and oxygen atoms in total. The summed E-state index contributed by atoms with van der Waals surface area (Å²) in [5.74, 6) is -0.535. The number of aliphatic hydroxyl groups excluding tert-OH is 2. The molecule has 0 saturated carbocycles. The van der Waals surface area contributed by atoms with Crippen LogP contribution in [0, 0.1) is 0 Å². The molecule has 1 amide bonds. The highest BCUT2D eigenvalue weighted by Gasteiger charge is 2.24. The highest BCUT2D eigenvalue weighted by atomic mass is 16.5. The zero-order valence-electron chi connectivity index (χ0n) is 42.4. The molecule has 3 N–H and O–H groups in total. The Labute approximate surface area is 397 Å². The van der Waals surface area contributed by atoms with Crippen molar-refractivity contribution in [3.05, 3.63) is 60.8 Å². The first-order valence-electron chi connectivity index (χ1n) is 27.5. The van der Waals surface area contributed by atoms with Crippen molar-refractivity contribution in [3.63, 3.8) is 0 Å². The molecule has 0 aromatic carbocycles. The predicted octanol–water partition coefficient (Wildman–Crippen LogP) is 16.8. The Balaban J connectivity index is 4.60. The Hall–Kier alpha value is -2.44. The number of nitrogens with one attached hydrogen (secondary N) is 1. The summed E-state index contributed by atoms with van der Waals surface area (Å²) in [5, 5.41) is 23.8. The SMILES string of the molecule is CCCCC/C=C\C/C=C\C/C=C\C/C=C\CCCCCC(=O)OC(CCC/C=C\CCCCCCCCC)CC(=O)NC(CO)C(O)CCCCCCCCCCCCCCCC. The van der Waals surface area contributed by atoms with E-state index in [1.807, 2.05) is 0 Å². The van der Waals surface area contributed by atoms with Crippen molar-refractivity contribution in [1.82, 2.24) is 5.32 Å². The first-order chi connectivity index (χ1) is 31.5. The number of aliphatic hydroxyl groups is 2. The second-order valence-electron chi connectivity index (χ2n) is 18.6. The molecular formula is C58H105NO5. The van der Waals surface area contributed by atoms with Gasteiger partial charge in [0.1, 0.15) is 6.10 Å². The highest BCUT2D eigenvalue weighted by molar-refractivity contribution is 5.77. The number of ether oxygens (including phenoxy) is 1. The molecule has 0 fully saturated rings. The topological polar surface area (TPSA) is 95.9 Å². The lowest BCUT2D eigenvalue weighted by Crippen LogP contribution is -2.46. The van der Waals surface area contributed by atoms with E-state index in [0.29, 0.717) is 19.3 Å². The zero-order valence-corrected chi connectivity index (χ0v) is 42.4. The highest BCUT2D eigenvalue weighted by Crippen LogP contribution is 2.17. The van der Waals surface area contributed by atoms with Gasteiger partial charge in [0.05, 0.1) is 25.2 Å². The lowest BCUT2D eigenvalue weighted by molar-refractivity contribution is -0.151. The van der Waals surface area contributed by atoms with E-state index >= 15 is 0 Å². The van der Waals surface area contributed by atoms with Crippen LogP contribution in [0.1, 0.15) is 271 Å². The zero-order chi connectivity index (χ0) is 46.7. The van der Waals surface area contributed by atoms with E-state index in [1.165, 1.54) is 141 Å². The quantitative estimate of drug-likeness (QED) is 0.0321. The number of rotatable bonds is 49. The monoisotopic (exact) mass is 896 g/mol. The van der Waals surface area contributed by atoms with Gasteiger partial charge in [-0.25, -0.2) is 0 Å². The minimum atomic E-state index is -0.801. The Morgan fingerprint density at radius 2 is 0.812 bits per heavy atom. The second kappa shape index (κ2) is 51.5. The molecule has 0 aliphatic carbocycles. The number of esters is 1. The first kappa shape index (κ1) is 61.6. The van der Waals surface area contributed by atoms with E-state index in [9.17, 15) is 19.8 Å². The van der Waals surface area contributed by atoms with Crippen molar-refractivity contribution in [2.24, 2.45) is 0 Å². The molecule has 0 aliphatic rings. The molecule has 0 aromatic heterocycles. The number of unbranched alkanes of at least 4 members (excludes halogenated alkanes) is 27. The summed E-state index contributed by atoms with van der Waals surface area (Å²) < 4.78 is 5.91. The predicted molar refractivity (Wildman–Crippen MR) is 278 cm³/mol. The average molecular weight is 896 g/mol. The van der Waals surface area contributed by atoms with Crippen LogP contribution in [-0.2, 0) is 14.3 Å². The number of carbonyl (C=O) groups is 2. The van der Waals surface area contributed by atoms with Gasteiger partial charge in [0.25, 0.3) is 0 Å². The lowest BCUT2D eigenvalue weighted by Gasteiger charge is -2.24. The van der Waals surface area contributed by atoms with E-state index in [1.54, 1.807) is 0 Å². The smallest absolute Gasteiger partial charge is 0.306 e. The van der Waals surface area contributed by atoms with Gasteiger partial charge >= 0.3 is 5.97 Å². The molecule has 0 spiro atoms. The maximum atomic E-state index is 13.2. The van der Waals surface area contributed by atoms with E-state index in [0.717, 1.165) is 83.5 Å². The van der Waals surface area contributed by atoms with Gasteiger partial charge in [0.2, 0.25) is 5.91 Å². The van der Waals surface area contributed by atoms with Crippen LogP contribution in [-0.4, -0.2) is 46.9 Å². The summed E-state index contributed by atoms with van der Waals surface area (Å²) in [6.45, 7) is 6.45. The maximum Gasteiger partial charge on any atom is 0.306 e. The van der Waals surface area contributed by atoms with Gasteiger partial charge in [0.15, 0.2) is 0 Å². The van der Waals surface area contributed by atoms with Crippen LogP contribution in [0.25, 0.3) is 0 Å². The van der Waals surface area contributed by atoms with E-state index < -0.39 is 18.2 Å². The Kier molecular flexibility index (Phi) is 49.6. The average Bonchev–Trinajstić information content (AvgIpc) is 3.29. The van der Waals surface area contributed by atoms with Crippen molar-refractivity contribution in [2.45, 2.75) is 289 Å². The van der Waals surface area contributed by atoms with Crippen LogP contribution in [0.2, 0.25) is 0 Å². The number of amides is 1. The third-order valence-corrected chi connectivity index (χ3v) is 12.3. The van der Waals surface area contributed by atoms with Gasteiger partial charge in [-0.1, -0.05) is 229 Å². The largest absolute Gasteiger partial charge is 0.462 e. The van der Waals surface area contributed by atoms with Gasteiger partial charge in [-0.15, -0.1) is 0 Å². The minimum Gasteiger partial charge on any atom is -0.462 e. The standard InChI is InChI=1S/C58H105NO5/c1-4-7-10-13-16-19-22-25-27-28-29-30-31-33-36-39-42-45-48-51-58(63)64-54(49-46-43-40-37-34-24-21-18-15-12-9-6-3)52-57(62)59-55(53-60)56(61)50-47-44-41-38-35-32-26-23-20-17-14-11-8-5-2/h16,19,25,27,29-30,33,36-37,40,54-56,60-61H,4-15,17-18,20-24,26,28,31-32,34-35,38-39,41-53H2,1-3H3,(H,59,62)/b19-16-,27-25-,30-29-,36-33-,40-37-. The molecule has 0 radical (unpaired) electrons. The Morgan fingerprint density at radius 1 is 0.453 bits per heavy atom. The fourth-order valence-corrected chi connectivity index (χ4v) is 8.12. The molecule has 0 aliphatic heterocycles. The Morgan fingerprint density at radius 3 is 1.28 bits per heavy atom. The Bertz CT molecular complexity index is 1140. The number of allylic oxidation sites excluding steroid dienone is 10. The second-order valence-corrected chi connectivity index (χ2v) is 18.6. The fraction of sp³-hybridized carbons (Fsp3) is 0.793. The molecule has 3 atom stereocenters. The third kappa shape index (κ3) is 46.1. The molecule has 372 valence electrons. The molecule has 0 saturated heterocycles. The molecule has 0 aromatic rings. The van der Waals surface area contributed by atoms with E-state index in [2.05, 4.69) is 86.8 Å². The van der Waals surface area contributed by atoms with Crippen molar-refractivity contribution in [1.29, 1.82) is 0 Å². The van der Waals surface area contributed by atoms with Crippen LogP contribution in [0.4, 0.5) is 0 Å². The molecule has 0 rings (SSSR count). The maximum absolute atomic E-state index is 13.2. The van der Waals surface area contributed by atoms with Gasteiger partial charge < -0.3 is 20.3 Å². The van der Waals surface area contributed by atoms with Crippen molar-refractivity contribution < 1.29 is 24.5 Å². The van der Waals surface area contributed by atoms with Crippen molar-refractivity contribution in [2.75, 3.05) is 6.61 Å². The minimum absolute atomic E-state index is 0.0433. The van der Waals surface area contributed by atoms with Crippen LogP contribution >= 0.6 is 0 Å². The van der Waals surface area contributed by atoms with Crippen molar-refractivity contribution in [3.8, 4) is 0 Å². The van der Waals surface area contributed by atoms with Crippen LogP contribution in [0.3, 0.4) is 0 Å². The van der Waals surface area contributed by atoms with Gasteiger partial charge in [-0.3, -0.25) is 9.59 Å². The van der Waals surface area contributed by atoms with Gasteiger partial charge in [-0.2, -0.15) is 0 Å². The number of carbonyl (C=O) groups excluding carboxylic acids is 2. The van der Waals surface area contributed by atoms with Crippen LogP contribution in [0.15, 0.2) is 60.8 Å². The number of hydrogen-bond donors (Lipinski definition) is 3. The van der Waals surface area contributed by atoms with Crippen LogP contribution in [0.5, 0.6) is 0 Å². The third-order valence-electron chi connectivity index (χ3n) is 12.3. The van der Waals surface area contributed by atoms with Gasteiger partial charge in [-0.05, 0) is 89.9 Å². The van der Waals surface area contributed by atoms with Crippen LogP contribution < -0.4 is 5.32 Å². The lowest BCUT2D eigenvalue weighted by atomic mass is 10.0. The summed E-state index contributed by atoms with van der Waals surface area (Å²) in [4.78, 5) is 26.2. The summed E-state index contributed by atoms with van der Waals surface area (Å²) in [5.41, 5.74) is 0. The van der Waals surface area contributed by atoms with E-state index in [-0.39, 0.29) is 24.9 Å². The summed E-state index contributed by atoms with van der Waals surface area (Å²) in [7, 11) is 0. The molecule has 6 heteroatoms. The van der Waals surface area contributed by atoms with E-state index in [4.69, 9.17) is 4.74 Å². The summed E-state index contributed by atoms with van der Waals surface area (Å²) in [6, 6.07) is -0.718. The number of hydrogen-bond acceptors (Lipinski definition) is 5. The molecular weight excluding hydrogens is 791 g/mol. The van der Waals surface area contributed by atoms with Crippen molar-refractivity contribution >= 4 is 11.9 Å². The summed E-state index contributed by atoms with van der Waals surface area (Å²) >= 11 is 0. The normalized spacial score (nSPS) is 13.6. The molecule has 0 bridgehead atoms. The molecule has 64 heavy (non-hydrogen) atoms. The molecule has 0 heterocycles. The first-order valence-corrected chi connectivity index (χ1v) is 27.5. The fourth-order valence-electron chi connectivity index (χ4n) is 8.12.